The monoisotopic (exact) mass is 289 g/mol. The minimum Gasteiger partial charge on any atom is -0.365 e. The summed E-state index contributed by atoms with van der Waals surface area (Å²) in [4.78, 5) is 12.9. The summed E-state index contributed by atoms with van der Waals surface area (Å²) >= 11 is 0. The number of hydrogen-bond acceptors (Lipinski definition) is 3. The Hall–Kier alpha value is -1.76. The second kappa shape index (κ2) is 6.60. The number of nitrogens with one attached hydrogen (secondary N) is 1. The third kappa shape index (κ3) is 4.12. The smallest absolute Gasteiger partial charge is 0.365 e. The number of carbonyl (C=O) groups excluding carboxylic acids is 1. The molecule has 4 nitrogen and oxygen atoms in total. The lowest BCUT2D eigenvalue weighted by atomic mass is 10.1. The third-order valence-electron chi connectivity index (χ3n) is 2.81. The van der Waals surface area contributed by atoms with Gasteiger partial charge in [0.1, 0.15) is 0 Å². The van der Waals surface area contributed by atoms with Crippen LogP contribution in [0.1, 0.15) is 18.1 Å². The second-order valence-electron chi connectivity index (χ2n) is 4.35. The number of amides is 1. The Morgan fingerprint density at radius 2 is 2.05 bits per heavy atom. The fourth-order valence-corrected chi connectivity index (χ4v) is 1.80. The molecule has 1 rings (SSSR count). The quantitative estimate of drug-likeness (QED) is 0.868. The minimum absolute atomic E-state index is 0.00684. The standard InChI is InChI=1S/C13H18F3N3O/c1-3-18-12(20)8-19(2)10-5-4-9(7-17)11(6-10)13(14,15)16/h4-6H,3,7-8,17H2,1-2H3,(H,18,20). The fraction of sp³-hybridized carbons (Fsp3) is 0.462. The van der Waals surface area contributed by atoms with Crippen molar-refractivity contribution in [2.45, 2.75) is 19.6 Å². The zero-order valence-corrected chi connectivity index (χ0v) is 11.4. The Kier molecular flexibility index (Phi) is 5.38. The van der Waals surface area contributed by atoms with Gasteiger partial charge < -0.3 is 16.0 Å². The molecule has 0 radical (unpaired) electrons. The van der Waals surface area contributed by atoms with Gasteiger partial charge in [-0.1, -0.05) is 6.07 Å². The normalized spacial score (nSPS) is 11.3. The molecule has 1 aromatic rings. The second-order valence-corrected chi connectivity index (χ2v) is 4.35. The highest BCUT2D eigenvalue weighted by Gasteiger charge is 2.33. The van der Waals surface area contributed by atoms with Gasteiger partial charge in [-0.25, -0.2) is 0 Å². The average Bonchev–Trinajstić information content (AvgIpc) is 2.37. The van der Waals surface area contributed by atoms with Crippen molar-refractivity contribution < 1.29 is 18.0 Å². The van der Waals surface area contributed by atoms with E-state index in [2.05, 4.69) is 5.32 Å². The van der Waals surface area contributed by atoms with Crippen molar-refractivity contribution in [1.29, 1.82) is 0 Å². The predicted molar refractivity (Wildman–Crippen MR) is 71.3 cm³/mol. The third-order valence-corrected chi connectivity index (χ3v) is 2.81. The largest absolute Gasteiger partial charge is 0.416 e. The van der Waals surface area contributed by atoms with Crippen LogP contribution in [0.15, 0.2) is 18.2 Å². The van der Waals surface area contributed by atoms with E-state index in [0.29, 0.717) is 12.2 Å². The van der Waals surface area contributed by atoms with Gasteiger partial charge in [-0.2, -0.15) is 13.2 Å². The highest BCUT2D eigenvalue weighted by Crippen LogP contribution is 2.34. The van der Waals surface area contributed by atoms with Crippen LogP contribution in [0.5, 0.6) is 0 Å². The van der Waals surface area contributed by atoms with Crippen LogP contribution < -0.4 is 16.0 Å². The molecule has 0 unspecified atom stereocenters. The van der Waals surface area contributed by atoms with E-state index in [1.165, 1.54) is 17.0 Å². The fourth-order valence-electron chi connectivity index (χ4n) is 1.80. The molecule has 0 atom stereocenters. The lowest BCUT2D eigenvalue weighted by Crippen LogP contribution is -2.35. The Morgan fingerprint density at radius 1 is 1.40 bits per heavy atom. The summed E-state index contributed by atoms with van der Waals surface area (Å²) in [6.07, 6.45) is -4.46. The van der Waals surface area contributed by atoms with E-state index in [1.54, 1.807) is 14.0 Å². The van der Waals surface area contributed by atoms with E-state index in [4.69, 9.17) is 5.73 Å². The maximum atomic E-state index is 12.9. The molecule has 0 saturated carbocycles. The van der Waals surface area contributed by atoms with Crippen molar-refractivity contribution in [2.24, 2.45) is 5.73 Å². The van der Waals surface area contributed by atoms with E-state index in [1.807, 2.05) is 0 Å². The zero-order chi connectivity index (χ0) is 15.3. The van der Waals surface area contributed by atoms with E-state index in [0.717, 1.165) is 6.07 Å². The molecule has 0 spiro atoms. The first-order valence-electron chi connectivity index (χ1n) is 6.17. The van der Waals surface area contributed by atoms with Crippen LogP contribution in [0.2, 0.25) is 0 Å². The molecule has 3 N–H and O–H groups in total. The highest BCUT2D eigenvalue weighted by molar-refractivity contribution is 5.81. The van der Waals surface area contributed by atoms with Crippen LogP contribution in [0.4, 0.5) is 18.9 Å². The van der Waals surface area contributed by atoms with Crippen LogP contribution in [-0.4, -0.2) is 26.0 Å². The van der Waals surface area contributed by atoms with Gasteiger partial charge in [0.05, 0.1) is 12.1 Å². The molecule has 0 bridgehead atoms. The molecule has 0 aliphatic carbocycles. The molecule has 0 aliphatic rings. The minimum atomic E-state index is -4.46. The maximum Gasteiger partial charge on any atom is 0.416 e. The number of anilines is 1. The lowest BCUT2D eigenvalue weighted by molar-refractivity contribution is -0.138. The van der Waals surface area contributed by atoms with Gasteiger partial charge >= 0.3 is 6.18 Å². The molecule has 0 aromatic heterocycles. The molecule has 0 aliphatic heterocycles. The lowest BCUT2D eigenvalue weighted by Gasteiger charge is -2.21. The summed E-state index contributed by atoms with van der Waals surface area (Å²) < 4.78 is 38.7. The first-order chi connectivity index (χ1) is 9.29. The Bertz CT molecular complexity index is 474. The molecule has 0 fully saturated rings. The molecule has 20 heavy (non-hydrogen) atoms. The van der Waals surface area contributed by atoms with Gasteiger partial charge in [0.15, 0.2) is 0 Å². The van der Waals surface area contributed by atoms with Crippen molar-refractivity contribution in [3.8, 4) is 0 Å². The number of rotatable bonds is 5. The van der Waals surface area contributed by atoms with E-state index >= 15 is 0 Å². The van der Waals surface area contributed by atoms with Crippen molar-refractivity contribution in [2.75, 3.05) is 25.0 Å². The SMILES string of the molecule is CCNC(=O)CN(C)c1ccc(CN)c(C(F)(F)F)c1. The molecule has 112 valence electrons. The van der Waals surface area contributed by atoms with E-state index in [-0.39, 0.29) is 24.6 Å². The summed E-state index contributed by atoms with van der Waals surface area (Å²) in [6, 6.07) is 3.88. The topological polar surface area (TPSA) is 58.4 Å². The molecule has 1 aromatic carbocycles. The molecule has 1 amide bonds. The molecule has 0 saturated heterocycles. The van der Waals surface area contributed by atoms with Crippen molar-refractivity contribution in [1.82, 2.24) is 5.32 Å². The van der Waals surface area contributed by atoms with Crippen LogP contribution in [0.3, 0.4) is 0 Å². The number of hydrogen-bond donors (Lipinski definition) is 2. The number of halogens is 3. The number of likely N-dealkylation sites (N-methyl/N-ethyl adjacent to an activating group) is 2. The van der Waals surface area contributed by atoms with Crippen LogP contribution in [-0.2, 0) is 17.5 Å². The first-order valence-corrected chi connectivity index (χ1v) is 6.17. The van der Waals surface area contributed by atoms with E-state index in [9.17, 15) is 18.0 Å². The average molecular weight is 289 g/mol. The van der Waals surface area contributed by atoms with Gasteiger partial charge in [-0.05, 0) is 24.6 Å². The Balaban J connectivity index is 2.99. The number of alkyl halides is 3. The van der Waals surface area contributed by atoms with Gasteiger partial charge in [0, 0.05) is 25.8 Å². The summed E-state index contributed by atoms with van der Waals surface area (Å²) in [7, 11) is 1.56. The van der Waals surface area contributed by atoms with Crippen molar-refractivity contribution >= 4 is 11.6 Å². The molecule has 7 heteroatoms. The summed E-state index contributed by atoms with van der Waals surface area (Å²) in [5.74, 6) is -0.244. The predicted octanol–water partition coefficient (Wildman–Crippen LogP) is 1.74. The molecular weight excluding hydrogens is 271 g/mol. The van der Waals surface area contributed by atoms with Crippen molar-refractivity contribution in [3.63, 3.8) is 0 Å². The number of nitrogens with zero attached hydrogens (tertiary/aromatic N) is 1. The van der Waals surface area contributed by atoms with Gasteiger partial charge in [-0.3, -0.25) is 4.79 Å². The van der Waals surface area contributed by atoms with Crippen LogP contribution in [0, 0.1) is 0 Å². The molecular formula is C13H18F3N3O. The summed E-state index contributed by atoms with van der Waals surface area (Å²) in [6.45, 7) is 2.06. The van der Waals surface area contributed by atoms with Gasteiger partial charge in [-0.15, -0.1) is 0 Å². The van der Waals surface area contributed by atoms with Crippen LogP contribution >= 0.6 is 0 Å². The van der Waals surface area contributed by atoms with Crippen molar-refractivity contribution in [3.05, 3.63) is 29.3 Å². The summed E-state index contributed by atoms with van der Waals surface area (Å²) in [5, 5.41) is 2.59. The van der Waals surface area contributed by atoms with Gasteiger partial charge in [0.25, 0.3) is 0 Å². The van der Waals surface area contributed by atoms with Gasteiger partial charge in [0.2, 0.25) is 5.91 Å². The Morgan fingerprint density at radius 3 is 2.55 bits per heavy atom. The number of carbonyl (C=O) groups is 1. The molecule has 0 heterocycles. The van der Waals surface area contributed by atoms with Crippen LogP contribution in [0.25, 0.3) is 0 Å². The number of nitrogens with two attached hydrogens (primary N) is 1. The highest BCUT2D eigenvalue weighted by atomic mass is 19.4. The Labute approximate surface area is 115 Å². The maximum absolute atomic E-state index is 12.9. The number of benzene rings is 1. The summed E-state index contributed by atoms with van der Waals surface area (Å²) in [5.41, 5.74) is 4.91. The zero-order valence-electron chi connectivity index (χ0n) is 11.4. The van der Waals surface area contributed by atoms with E-state index < -0.39 is 11.7 Å². The first kappa shape index (κ1) is 16.3.